The smallest absolute Gasteiger partial charge is 0.306 e. The monoisotopic (exact) mass is 334 g/mol. The molecular formula is C12H18Cl4O2. The fourth-order valence-electron chi connectivity index (χ4n) is 2.24. The highest BCUT2D eigenvalue weighted by atomic mass is 35.6. The standard InChI is InChI=1S/C12H18Cl4O2/c1-2-18-11(17)6-9(8-4-3-5-8)10(13)7-12(14,15)16/h8-10H,2-7H2,1H3. The minimum absolute atomic E-state index is 0.0371. The van der Waals surface area contributed by atoms with Gasteiger partial charge in [-0.15, -0.1) is 11.6 Å². The number of ether oxygens (including phenoxy) is 1. The average Bonchev–Trinajstić information content (AvgIpc) is 2.11. The molecular weight excluding hydrogens is 318 g/mol. The van der Waals surface area contributed by atoms with Crippen LogP contribution in [0.3, 0.4) is 0 Å². The van der Waals surface area contributed by atoms with Crippen molar-refractivity contribution < 1.29 is 9.53 Å². The molecule has 0 aromatic rings. The predicted molar refractivity (Wildman–Crippen MR) is 76.6 cm³/mol. The number of carbonyl (C=O) groups excluding carboxylic acids is 1. The molecule has 0 bridgehead atoms. The first-order chi connectivity index (χ1) is 8.33. The van der Waals surface area contributed by atoms with E-state index in [0.29, 0.717) is 18.9 Å². The van der Waals surface area contributed by atoms with Crippen LogP contribution in [0.25, 0.3) is 0 Å². The molecule has 1 fully saturated rings. The molecule has 1 rings (SSSR count). The van der Waals surface area contributed by atoms with Crippen molar-refractivity contribution in [2.45, 2.75) is 48.2 Å². The highest BCUT2D eigenvalue weighted by Crippen LogP contribution is 2.43. The van der Waals surface area contributed by atoms with Crippen LogP contribution in [0.1, 0.15) is 39.0 Å². The summed E-state index contributed by atoms with van der Waals surface area (Å²) in [6.45, 7) is 2.17. The van der Waals surface area contributed by atoms with Crippen LogP contribution in [0.15, 0.2) is 0 Å². The van der Waals surface area contributed by atoms with E-state index in [9.17, 15) is 4.79 Å². The summed E-state index contributed by atoms with van der Waals surface area (Å²) in [7, 11) is 0. The zero-order chi connectivity index (χ0) is 13.8. The van der Waals surface area contributed by atoms with Crippen LogP contribution in [0.5, 0.6) is 0 Å². The molecule has 0 amide bonds. The topological polar surface area (TPSA) is 26.3 Å². The van der Waals surface area contributed by atoms with E-state index in [2.05, 4.69) is 0 Å². The first-order valence-electron chi connectivity index (χ1n) is 6.20. The maximum absolute atomic E-state index is 11.6. The maximum atomic E-state index is 11.6. The molecule has 0 heterocycles. The fourth-order valence-corrected chi connectivity index (χ4v) is 3.50. The van der Waals surface area contributed by atoms with Crippen molar-refractivity contribution in [2.24, 2.45) is 11.8 Å². The van der Waals surface area contributed by atoms with Crippen molar-refractivity contribution in [2.75, 3.05) is 6.61 Å². The van der Waals surface area contributed by atoms with Crippen molar-refractivity contribution in [1.29, 1.82) is 0 Å². The minimum atomic E-state index is -1.37. The van der Waals surface area contributed by atoms with E-state index in [1.165, 1.54) is 6.42 Å². The lowest BCUT2D eigenvalue weighted by atomic mass is 9.72. The number of carbonyl (C=O) groups is 1. The van der Waals surface area contributed by atoms with E-state index < -0.39 is 3.79 Å². The third-order valence-electron chi connectivity index (χ3n) is 3.35. The molecule has 1 aliphatic rings. The maximum Gasteiger partial charge on any atom is 0.306 e. The largest absolute Gasteiger partial charge is 0.466 e. The molecule has 0 aromatic heterocycles. The SMILES string of the molecule is CCOC(=O)CC(C(Cl)CC(Cl)(Cl)Cl)C1CCC1. The molecule has 18 heavy (non-hydrogen) atoms. The van der Waals surface area contributed by atoms with Crippen LogP contribution in [0, 0.1) is 11.8 Å². The number of rotatable bonds is 6. The Labute approximate surface area is 128 Å². The average molecular weight is 336 g/mol. The van der Waals surface area contributed by atoms with Gasteiger partial charge < -0.3 is 4.74 Å². The number of hydrogen-bond donors (Lipinski definition) is 0. The zero-order valence-electron chi connectivity index (χ0n) is 10.3. The Hall–Kier alpha value is 0.630. The highest BCUT2D eigenvalue weighted by molar-refractivity contribution is 6.67. The molecule has 0 aliphatic heterocycles. The van der Waals surface area contributed by atoms with E-state index in [-0.39, 0.29) is 23.7 Å². The lowest BCUT2D eigenvalue weighted by molar-refractivity contribution is -0.145. The van der Waals surface area contributed by atoms with Gasteiger partial charge in [0, 0.05) is 18.2 Å². The van der Waals surface area contributed by atoms with Gasteiger partial charge in [-0.3, -0.25) is 4.79 Å². The van der Waals surface area contributed by atoms with Gasteiger partial charge in [-0.2, -0.15) is 0 Å². The molecule has 0 spiro atoms. The first kappa shape index (κ1) is 16.7. The Bertz CT molecular complexity index is 274. The van der Waals surface area contributed by atoms with Gasteiger partial charge in [-0.05, 0) is 18.8 Å². The Balaban J connectivity index is 2.57. The minimum Gasteiger partial charge on any atom is -0.466 e. The number of esters is 1. The molecule has 6 heteroatoms. The van der Waals surface area contributed by atoms with Crippen LogP contribution in [0.2, 0.25) is 0 Å². The number of alkyl halides is 4. The summed E-state index contributed by atoms with van der Waals surface area (Å²) < 4.78 is 3.60. The van der Waals surface area contributed by atoms with Crippen LogP contribution >= 0.6 is 46.4 Å². The summed E-state index contributed by atoms with van der Waals surface area (Å²) in [6.07, 6.45) is 3.93. The summed E-state index contributed by atoms with van der Waals surface area (Å²) in [5, 5.41) is -0.313. The van der Waals surface area contributed by atoms with E-state index in [1.807, 2.05) is 0 Å². The fraction of sp³-hybridized carbons (Fsp3) is 0.917. The lowest BCUT2D eigenvalue weighted by Crippen LogP contribution is -2.33. The second kappa shape index (κ2) is 7.42. The van der Waals surface area contributed by atoms with Crippen molar-refractivity contribution in [3.8, 4) is 0 Å². The molecule has 1 saturated carbocycles. The number of halogens is 4. The Morgan fingerprint density at radius 1 is 1.39 bits per heavy atom. The van der Waals surface area contributed by atoms with Crippen molar-refractivity contribution in [1.82, 2.24) is 0 Å². The van der Waals surface area contributed by atoms with Gasteiger partial charge in [0.15, 0.2) is 3.79 Å². The zero-order valence-corrected chi connectivity index (χ0v) is 13.3. The summed E-state index contributed by atoms with van der Waals surface area (Å²) in [5.74, 6) is 0.267. The van der Waals surface area contributed by atoms with Gasteiger partial charge in [-0.25, -0.2) is 0 Å². The van der Waals surface area contributed by atoms with Crippen LogP contribution < -0.4 is 0 Å². The Morgan fingerprint density at radius 2 is 2.00 bits per heavy atom. The van der Waals surface area contributed by atoms with Gasteiger partial charge in [0.25, 0.3) is 0 Å². The van der Waals surface area contributed by atoms with E-state index in [4.69, 9.17) is 51.1 Å². The van der Waals surface area contributed by atoms with Crippen molar-refractivity contribution >= 4 is 52.4 Å². The van der Waals surface area contributed by atoms with Gasteiger partial charge in [0.1, 0.15) is 0 Å². The van der Waals surface area contributed by atoms with Crippen LogP contribution in [-0.4, -0.2) is 21.7 Å². The summed E-state index contributed by atoms with van der Waals surface area (Å²) in [5.41, 5.74) is 0. The van der Waals surface area contributed by atoms with Gasteiger partial charge >= 0.3 is 5.97 Å². The second-order valence-electron chi connectivity index (χ2n) is 4.70. The quantitative estimate of drug-likeness (QED) is 0.518. The number of hydrogen-bond acceptors (Lipinski definition) is 2. The summed E-state index contributed by atoms with van der Waals surface area (Å²) in [6, 6.07) is 0. The first-order valence-corrected chi connectivity index (χ1v) is 7.77. The van der Waals surface area contributed by atoms with Crippen molar-refractivity contribution in [3.05, 3.63) is 0 Å². The van der Waals surface area contributed by atoms with E-state index in [1.54, 1.807) is 6.92 Å². The third kappa shape index (κ3) is 5.73. The molecule has 0 N–H and O–H groups in total. The second-order valence-corrected chi connectivity index (χ2v) is 7.78. The molecule has 1 aliphatic carbocycles. The van der Waals surface area contributed by atoms with Crippen LogP contribution in [-0.2, 0) is 9.53 Å². The highest BCUT2D eigenvalue weighted by Gasteiger charge is 2.37. The predicted octanol–water partition coefficient (Wildman–Crippen LogP) is 4.72. The Kier molecular flexibility index (Phi) is 6.88. The van der Waals surface area contributed by atoms with E-state index >= 15 is 0 Å². The van der Waals surface area contributed by atoms with Gasteiger partial charge in [-0.1, -0.05) is 54.1 Å². The van der Waals surface area contributed by atoms with Gasteiger partial charge in [0.05, 0.1) is 6.61 Å². The van der Waals surface area contributed by atoms with Gasteiger partial charge in [0.2, 0.25) is 0 Å². The Morgan fingerprint density at radius 3 is 2.39 bits per heavy atom. The van der Waals surface area contributed by atoms with Crippen LogP contribution in [0.4, 0.5) is 0 Å². The molecule has 2 unspecified atom stereocenters. The molecule has 106 valence electrons. The summed E-state index contributed by atoms with van der Waals surface area (Å²) in [4.78, 5) is 11.6. The normalized spacial score (nSPS) is 20.1. The molecule has 2 atom stereocenters. The lowest BCUT2D eigenvalue weighted by Gasteiger charge is -2.36. The molecule has 2 nitrogen and oxygen atoms in total. The third-order valence-corrected chi connectivity index (χ3v) is 4.29. The summed E-state index contributed by atoms with van der Waals surface area (Å²) >= 11 is 23.6. The van der Waals surface area contributed by atoms with E-state index in [0.717, 1.165) is 12.8 Å². The molecule has 0 aromatic carbocycles. The molecule has 0 radical (unpaired) electrons. The molecule has 0 saturated heterocycles. The van der Waals surface area contributed by atoms with Crippen molar-refractivity contribution in [3.63, 3.8) is 0 Å².